The van der Waals surface area contributed by atoms with Crippen LogP contribution >= 0.6 is 0 Å². The van der Waals surface area contributed by atoms with Gasteiger partial charge in [0, 0.05) is 55.0 Å². The number of aromatic hydroxyl groups is 3. The van der Waals surface area contributed by atoms with Gasteiger partial charge in [0.2, 0.25) is 0 Å². The number of phenolic OH excluding ortho intramolecular Hbond substituents is 3. The van der Waals surface area contributed by atoms with Crippen LogP contribution in [0.5, 0.6) is 17.2 Å². The molecule has 0 radical (unpaired) electrons. The van der Waals surface area contributed by atoms with Gasteiger partial charge in [0.15, 0.2) is 0 Å². The highest BCUT2D eigenvalue weighted by molar-refractivity contribution is 5.91. The predicted octanol–water partition coefficient (Wildman–Crippen LogP) is 11.5. The van der Waals surface area contributed by atoms with E-state index in [1.54, 1.807) is 149 Å². The number of ether oxygens (including phenoxy) is 3. The van der Waals surface area contributed by atoms with Gasteiger partial charge in [0.25, 0.3) is 0 Å². The van der Waals surface area contributed by atoms with Crippen LogP contribution in [0, 0.1) is 0 Å². The first-order valence-corrected chi connectivity index (χ1v) is 23.3. The summed E-state index contributed by atoms with van der Waals surface area (Å²) < 4.78 is 15.1. The van der Waals surface area contributed by atoms with Crippen molar-refractivity contribution in [1.82, 2.24) is 4.90 Å². The first kappa shape index (κ1) is 53.3. The maximum Gasteiger partial charge on any atom is 0.338 e. The molecule has 0 heterocycles. The standard InChI is InChI=1S/C54H54N10O9/c1-4-71-52(68)37-7-13-43(14-8-37)58-61-46-19-22-49(65)40(31-46)34-55-25-28-64(29-26-56-35-41-32-47(20-23-50(41)66)62-59-44-15-9-38(10-16-44)53(69)72-5-2)30-27-57-36-42-33-48(21-24-51(42)67)63-60-45-17-11-39(12-18-45)54(70)73-6-3/h7-24,31-36,65-67H,4-6,25-30H2,1-3H3. The van der Waals surface area contributed by atoms with Gasteiger partial charge in [0.05, 0.1) is 90.3 Å². The van der Waals surface area contributed by atoms with E-state index in [0.29, 0.717) is 107 Å². The third-order valence-electron chi connectivity index (χ3n) is 10.3. The number of carbonyl (C=O) groups excluding carboxylic acids is 3. The predicted molar refractivity (Wildman–Crippen MR) is 278 cm³/mol. The van der Waals surface area contributed by atoms with E-state index < -0.39 is 17.9 Å². The molecule has 0 amide bonds. The highest BCUT2D eigenvalue weighted by Crippen LogP contribution is 2.27. The lowest BCUT2D eigenvalue weighted by atomic mass is 10.2. The fourth-order valence-electron chi connectivity index (χ4n) is 6.53. The molecule has 0 bridgehead atoms. The molecule has 0 spiro atoms. The molecule has 3 N–H and O–H groups in total. The summed E-state index contributed by atoms with van der Waals surface area (Å²) >= 11 is 0. The highest BCUT2D eigenvalue weighted by atomic mass is 16.5. The molecule has 0 saturated carbocycles. The molecule has 0 aliphatic rings. The summed E-state index contributed by atoms with van der Waals surface area (Å²) in [7, 11) is 0. The van der Waals surface area contributed by atoms with Crippen molar-refractivity contribution >= 4 is 70.7 Å². The van der Waals surface area contributed by atoms with E-state index in [9.17, 15) is 29.7 Å². The second-order valence-corrected chi connectivity index (χ2v) is 15.6. The second-order valence-electron chi connectivity index (χ2n) is 15.6. The fourth-order valence-corrected chi connectivity index (χ4v) is 6.53. The van der Waals surface area contributed by atoms with E-state index in [4.69, 9.17) is 14.2 Å². The lowest BCUT2D eigenvalue weighted by molar-refractivity contribution is 0.0517. The second kappa shape index (κ2) is 27.9. The minimum absolute atomic E-state index is 0.0130. The Labute approximate surface area is 421 Å². The van der Waals surface area contributed by atoms with E-state index in [0.717, 1.165) is 0 Å². The van der Waals surface area contributed by atoms with Crippen molar-refractivity contribution in [3.05, 3.63) is 161 Å². The molecule has 0 aromatic heterocycles. The summed E-state index contributed by atoms with van der Waals surface area (Å²) in [4.78, 5) is 51.9. The molecule has 6 aromatic carbocycles. The maximum absolute atomic E-state index is 12.0. The van der Waals surface area contributed by atoms with Gasteiger partial charge < -0.3 is 29.5 Å². The Morgan fingerprint density at radius 2 is 0.644 bits per heavy atom. The van der Waals surface area contributed by atoms with Crippen molar-refractivity contribution in [2.75, 3.05) is 59.1 Å². The van der Waals surface area contributed by atoms with Crippen LogP contribution < -0.4 is 0 Å². The molecule has 374 valence electrons. The molecule has 73 heavy (non-hydrogen) atoms. The number of esters is 3. The molecule has 6 aromatic rings. The van der Waals surface area contributed by atoms with Gasteiger partial charge in [-0.1, -0.05) is 0 Å². The molecule has 0 aliphatic heterocycles. The number of azo groups is 3. The normalized spacial score (nSPS) is 11.8. The van der Waals surface area contributed by atoms with Gasteiger partial charge in [-0.15, -0.1) is 0 Å². The van der Waals surface area contributed by atoms with Crippen molar-refractivity contribution in [2.45, 2.75) is 20.8 Å². The SMILES string of the molecule is CCOC(=O)c1ccc(N=Nc2ccc(O)c(C=NCCN(CCN=Cc3cc(N=Nc4ccc(C(=O)OCC)cc4)ccc3O)CCN=Cc3cc(N=Nc4ccc(C(=O)OCC)cc4)ccc3O)c2)cc1. The largest absolute Gasteiger partial charge is 0.507 e. The Bertz CT molecular complexity index is 2670. The fraction of sp³-hybridized carbons (Fsp3) is 0.222. The Morgan fingerprint density at radius 1 is 0.397 bits per heavy atom. The van der Waals surface area contributed by atoms with Crippen molar-refractivity contribution in [3.63, 3.8) is 0 Å². The summed E-state index contributed by atoms with van der Waals surface area (Å²) in [5.74, 6) is -1.22. The van der Waals surface area contributed by atoms with Gasteiger partial charge in [-0.25, -0.2) is 14.4 Å². The lowest BCUT2D eigenvalue weighted by Crippen LogP contribution is -2.31. The van der Waals surface area contributed by atoms with Gasteiger partial charge in [-0.05, 0) is 148 Å². The van der Waals surface area contributed by atoms with Gasteiger partial charge in [-0.2, -0.15) is 30.7 Å². The molecule has 0 fully saturated rings. The first-order valence-electron chi connectivity index (χ1n) is 23.3. The molecule has 6 rings (SSSR count). The summed E-state index contributed by atoms with van der Waals surface area (Å²) in [5.41, 5.74) is 5.57. The minimum Gasteiger partial charge on any atom is -0.507 e. The van der Waals surface area contributed by atoms with Crippen LogP contribution in [-0.4, -0.2) is 116 Å². The van der Waals surface area contributed by atoms with Gasteiger partial charge in [-0.3, -0.25) is 19.9 Å². The molecular weight excluding hydrogens is 933 g/mol. The number of carbonyl (C=O) groups is 3. The number of rotatable bonds is 24. The average Bonchev–Trinajstić information content (AvgIpc) is 3.40. The topological polar surface area (TPSA) is 254 Å². The monoisotopic (exact) mass is 986 g/mol. The van der Waals surface area contributed by atoms with E-state index >= 15 is 0 Å². The maximum atomic E-state index is 12.0. The zero-order valence-corrected chi connectivity index (χ0v) is 40.5. The zero-order valence-electron chi connectivity index (χ0n) is 40.5. The molecular formula is C54H54N10O9. The van der Waals surface area contributed by atoms with Crippen LogP contribution in [0.4, 0.5) is 34.1 Å². The van der Waals surface area contributed by atoms with Crippen molar-refractivity contribution < 1.29 is 43.9 Å². The Kier molecular flexibility index (Phi) is 20.4. The summed E-state index contributed by atoms with van der Waals surface area (Å²) in [6, 6.07) is 34.0. The Morgan fingerprint density at radius 3 is 0.904 bits per heavy atom. The van der Waals surface area contributed by atoms with Crippen LogP contribution in [-0.2, 0) is 14.2 Å². The summed E-state index contributed by atoms with van der Waals surface area (Å²) in [6.45, 7) is 8.58. The van der Waals surface area contributed by atoms with Gasteiger partial charge >= 0.3 is 17.9 Å². The third kappa shape index (κ3) is 17.1. The number of phenols is 3. The van der Waals surface area contributed by atoms with E-state index in [1.807, 2.05) is 0 Å². The number of hydrogen-bond donors (Lipinski definition) is 3. The van der Waals surface area contributed by atoms with Crippen LogP contribution in [0.3, 0.4) is 0 Å². The van der Waals surface area contributed by atoms with E-state index in [2.05, 4.69) is 50.6 Å². The zero-order chi connectivity index (χ0) is 51.8. The van der Waals surface area contributed by atoms with Crippen LogP contribution in [0.15, 0.2) is 173 Å². The molecule has 0 aliphatic carbocycles. The van der Waals surface area contributed by atoms with Crippen LogP contribution in [0.25, 0.3) is 0 Å². The quantitative estimate of drug-likeness (QED) is 0.0224. The van der Waals surface area contributed by atoms with Crippen LogP contribution in [0.1, 0.15) is 68.5 Å². The number of aliphatic imine (C=N–C) groups is 3. The highest BCUT2D eigenvalue weighted by Gasteiger charge is 2.10. The number of nitrogens with zero attached hydrogens (tertiary/aromatic N) is 10. The minimum atomic E-state index is -0.420. The Hall–Kier alpha value is -9.10. The summed E-state index contributed by atoms with van der Waals surface area (Å²) in [6.07, 6.45) is 4.69. The van der Waals surface area contributed by atoms with Crippen LogP contribution in [0.2, 0.25) is 0 Å². The molecule has 19 nitrogen and oxygen atoms in total. The summed E-state index contributed by atoms with van der Waals surface area (Å²) in [5, 5.41) is 57.4. The van der Waals surface area contributed by atoms with Gasteiger partial charge in [0.1, 0.15) is 17.2 Å². The first-order chi connectivity index (χ1) is 35.5. The van der Waals surface area contributed by atoms with Crippen molar-refractivity contribution in [3.8, 4) is 17.2 Å². The molecule has 0 saturated heterocycles. The van der Waals surface area contributed by atoms with E-state index in [-0.39, 0.29) is 37.1 Å². The molecule has 19 heteroatoms. The molecule has 0 unspecified atom stereocenters. The van der Waals surface area contributed by atoms with E-state index in [1.165, 1.54) is 18.2 Å². The number of benzene rings is 6. The molecule has 0 atom stereocenters. The van der Waals surface area contributed by atoms with Crippen molar-refractivity contribution in [1.29, 1.82) is 0 Å². The Balaban J connectivity index is 1.10. The van der Waals surface area contributed by atoms with Crippen molar-refractivity contribution in [2.24, 2.45) is 45.7 Å². The smallest absolute Gasteiger partial charge is 0.338 e. The lowest BCUT2D eigenvalue weighted by Gasteiger charge is -2.19. The third-order valence-corrected chi connectivity index (χ3v) is 10.3. The number of hydrogen-bond acceptors (Lipinski definition) is 19. The average molecular weight is 987 g/mol.